The number of nitrogens with zero attached hydrogens (tertiary/aromatic N) is 2. The molecule has 0 unspecified atom stereocenters. The Morgan fingerprint density at radius 3 is 2.34 bits per heavy atom. The van der Waals surface area contributed by atoms with E-state index in [2.05, 4.69) is 4.99 Å². The third-order valence-electron chi connectivity index (χ3n) is 4.99. The molecule has 0 radical (unpaired) electrons. The van der Waals surface area contributed by atoms with Crippen LogP contribution in [0.4, 0.5) is 5.69 Å². The minimum absolute atomic E-state index is 0.158. The molecule has 10 heteroatoms. The highest BCUT2D eigenvalue weighted by Gasteiger charge is 2.30. The van der Waals surface area contributed by atoms with E-state index in [1.165, 1.54) is 28.8 Å². The molecule has 1 N–H and O–H groups in total. The molecular weight excluding hydrogens is 531 g/mol. The van der Waals surface area contributed by atoms with Crippen LogP contribution in [0.3, 0.4) is 0 Å². The van der Waals surface area contributed by atoms with Crippen LogP contribution in [0.5, 0.6) is 5.75 Å². The molecule has 1 fully saturated rings. The van der Waals surface area contributed by atoms with E-state index in [1.54, 1.807) is 43.5 Å². The number of aromatic carboxylic acids is 1. The lowest BCUT2D eigenvalue weighted by molar-refractivity contribution is -0.121. The second-order valence-electron chi connectivity index (χ2n) is 7.41. The summed E-state index contributed by atoms with van der Waals surface area (Å²) in [4.78, 5) is 30.1. The molecule has 178 valence electrons. The minimum Gasteiger partial charge on any atom is -0.486 e. The number of hydrogen-bond donors (Lipinski definition) is 1. The van der Waals surface area contributed by atoms with Gasteiger partial charge in [0.05, 0.1) is 26.2 Å². The number of benzene rings is 3. The second-order valence-corrected chi connectivity index (χ2v) is 9.65. The number of halogens is 3. The number of amides is 1. The quantitative estimate of drug-likeness (QED) is 0.331. The number of amidine groups is 1. The standard InChI is InChI=1S/C25H17Cl3N2O4S/c1-30-23(31)21(35-25(30)29-17-8-6-15(7-9-17)24(32)33)12-14-10-19(27)22(20(28)11-14)34-13-16-4-2-3-5-18(16)26/h2-12H,13H2,1H3,(H,32,33). The van der Waals surface area contributed by atoms with E-state index in [4.69, 9.17) is 44.6 Å². The summed E-state index contributed by atoms with van der Waals surface area (Å²) < 4.78 is 5.80. The fraction of sp³-hybridized carbons (Fsp3) is 0.0800. The van der Waals surface area contributed by atoms with Gasteiger partial charge in [0, 0.05) is 17.6 Å². The minimum atomic E-state index is -1.02. The molecule has 0 saturated carbocycles. The predicted octanol–water partition coefficient (Wildman–Crippen LogP) is 7.16. The van der Waals surface area contributed by atoms with Gasteiger partial charge in [-0.2, -0.15) is 0 Å². The van der Waals surface area contributed by atoms with Gasteiger partial charge in [-0.15, -0.1) is 0 Å². The lowest BCUT2D eigenvalue weighted by Gasteiger charge is -2.12. The van der Waals surface area contributed by atoms with Gasteiger partial charge in [0.1, 0.15) is 6.61 Å². The number of ether oxygens (including phenoxy) is 1. The first-order chi connectivity index (χ1) is 16.7. The van der Waals surface area contributed by atoms with Gasteiger partial charge in [0.25, 0.3) is 5.91 Å². The van der Waals surface area contributed by atoms with Crippen LogP contribution < -0.4 is 4.74 Å². The topological polar surface area (TPSA) is 79.2 Å². The first-order valence-electron chi connectivity index (χ1n) is 10.2. The van der Waals surface area contributed by atoms with Crippen molar-refractivity contribution in [1.29, 1.82) is 0 Å². The number of carboxylic acid groups (broad SMARTS) is 1. The van der Waals surface area contributed by atoms with Crippen molar-refractivity contribution in [1.82, 2.24) is 4.90 Å². The average Bonchev–Trinajstić information content (AvgIpc) is 3.07. The number of hydrogen-bond acceptors (Lipinski definition) is 5. The number of carbonyl (C=O) groups excluding carboxylic acids is 1. The zero-order valence-corrected chi connectivity index (χ0v) is 21.3. The summed E-state index contributed by atoms with van der Waals surface area (Å²) in [5.74, 6) is -0.929. The summed E-state index contributed by atoms with van der Waals surface area (Å²) in [5.41, 5.74) is 2.12. The monoisotopic (exact) mass is 546 g/mol. The summed E-state index contributed by atoms with van der Waals surface area (Å²) in [6.45, 7) is 0.200. The third kappa shape index (κ3) is 5.82. The van der Waals surface area contributed by atoms with Gasteiger partial charge in [-0.3, -0.25) is 9.69 Å². The number of carboxylic acids is 1. The van der Waals surface area contributed by atoms with Crippen LogP contribution in [-0.2, 0) is 11.4 Å². The molecule has 3 aromatic rings. The summed E-state index contributed by atoms with van der Waals surface area (Å²) >= 11 is 20.2. The molecule has 1 aliphatic rings. The van der Waals surface area contributed by atoms with Crippen LogP contribution in [0.2, 0.25) is 15.1 Å². The number of likely N-dealkylation sites (N-methyl/N-ethyl adjacent to an activating group) is 1. The number of thioether (sulfide) groups is 1. The molecular formula is C25H17Cl3N2O4S. The lowest BCUT2D eigenvalue weighted by atomic mass is 10.2. The average molecular weight is 548 g/mol. The molecule has 6 nitrogen and oxygen atoms in total. The summed E-state index contributed by atoms with van der Waals surface area (Å²) in [7, 11) is 1.62. The van der Waals surface area contributed by atoms with Crippen LogP contribution in [0, 0.1) is 0 Å². The van der Waals surface area contributed by atoms with Gasteiger partial charge in [0.2, 0.25) is 0 Å². The normalized spacial score (nSPS) is 15.8. The van der Waals surface area contributed by atoms with Crippen LogP contribution in [-0.4, -0.2) is 34.1 Å². The van der Waals surface area contributed by atoms with E-state index < -0.39 is 5.97 Å². The van der Waals surface area contributed by atoms with Crippen molar-refractivity contribution in [3.05, 3.63) is 97.3 Å². The van der Waals surface area contributed by atoms with E-state index in [1.807, 2.05) is 18.2 Å². The van der Waals surface area contributed by atoms with E-state index in [-0.39, 0.29) is 18.1 Å². The molecule has 35 heavy (non-hydrogen) atoms. The van der Waals surface area contributed by atoms with Gasteiger partial charge in [0.15, 0.2) is 10.9 Å². The van der Waals surface area contributed by atoms with Gasteiger partial charge in [-0.25, -0.2) is 9.79 Å². The fourth-order valence-corrected chi connectivity index (χ4v) is 4.95. The van der Waals surface area contributed by atoms with Gasteiger partial charge < -0.3 is 9.84 Å². The fourth-order valence-electron chi connectivity index (χ4n) is 3.16. The predicted molar refractivity (Wildman–Crippen MR) is 141 cm³/mol. The largest absolute Gasteiger partial charge is 0.486 e. The van der Waals surface area contributed by atoms with Crippen LogP contribution >= 0.6 is 46.6 Å². The highest BCUT2D eigenvalue weighted by atomic mass is 35.5. The Labute approximate surface area is 220 Å². The number of aliphatic imine (C=N–C) groups is 1. The summed E-state index contributed by atoms with van der Waals surface area (Å²) in [5, 5.41) is 10.7. The Balaban J connectivity index is 1.53. The van der Waals surface area contributed by atoms with Crippen LogP contribution in [0.25, 0.3) is 6.08 Å². The first-order valence-corrected chi connectivity index (χ1v) is 12.1. The highest BCUT2D eigenvalue weighted by molar-refractivity contribution is 8.18. The lowest BCUT2D eigenvalue weighted by Crippen LogP contribution is -2.23. The van der Waals surface area contributed by atoms with Crippen molar-refractivity contribution in [2.75, 3.05) is 7.05 Å². The maximum Gasteiger partial charge on any atom is 0.335 e. The van der Waals surface area contributed by atoms with Crippen molar-refractivity contribution < 1.29 is 19.4 Å². The smallest absolute Gasteiger partial charge is 0.335 e. The highest BCUT2D eigenvalue weighted by Crippen LogP contribution is 2.38. The van der Waals surface area contributed by atoms with Crippen molar-refractivity contribution in [2.45, 2.75) is 6.61 Å². The van der Waals surface area contributed by atoms with E-state index in [9.17, 15) is 9.59 Å². The van der Waals surface area contributed by atoms with E-state index in [0.717, 1.165) is 5.56 Å². The first kappa shape index (κ1) is 25.1. The third-order valence-corrected chi connectivity index (χ3v) is 6.98. The molecule has 0 atom stereocenters. The molecule has 0 aliphatic carbocycles. The van der Waals surface area contributed by atoms with E-state index in [0.29, 0.717) is 42.1 Å². The molecule has 3 aromatic carbocycles. The number of rotatable bonds is 6. The van der Waals surface area contributed by atoms with Crippen LogP contribution in [0.15, 0.2) is 70.6 Å². The Morgan fingerprint density at radius 2 is 1.71 bits per heavy atom. The zero-order valence-electron chi connectivity index (χ0n) is 18.2. The van der Waals surface area contributed by atoms with Crippen molar-refractivity contribution in [3.63, 3.8) is 0 Å². The molecule has 4 rings (SSSR count). The molecule has 1 amide bonds. The molecule has 1 heterocycles. The number of carbonyl (C=O) groups is 2. The Bertz CT molecular complexity index is 1350. The van der Waals surface area contributed by atoms with Crippen molar-refractivity contribution in [2.24, 2.45) is 4.99 Å². The molecule has 0 spiro atoms. The van der Waals surface area contributed by atoms with Gasteiger partial charge in [-0.05, 0) is 65.9 Å². The second kappa shape index (κ2) is 10.7. The maximum atomic E-state index is 12.8. The van der Waals surface area contributed by atoms with Gasteiger partial charge in [-0.1, -0.05) is 53.0 Å². The van der Waals surface area contributed by atoms with E-state index >= 15 is 0 Å². The molecule has 1 aliphatic heterocycles. The van der Waals surface area contributed by atoms with Crippen LogP contribution in [0.1, 0.15) is 21.5 Å². The van der Waals surface area contributed by atoms with Gasteiger partial charge >= 0.3 is 5.97 Å². The zero-order chi connectivity index (χ0) is 25.1. The molecule has 0 bridgehead atoms. The van der Waals surface area contributed by atoms with Crippen molar-refractivity contribution >= 4 is 75.4 Å². The van der Waals surface area contributed by atoms with Crippen molar-refractivity contribution in [3.8, 4) is 5.75 Å². The molecule has 1 saturated heterocycles. The summed E-state index contributed by atoms with van der Waals surface area (Å²) in [6.07, 6.45) is 1.68. The maximum absolute atomic E-state index is 12.8. The Kier molecular flexibility index (Phi) is 7.72. The Morgan fingerprint density at radius 1 is 1.06 bits per heavy atom. The molecule has 0 aromatic heterocycles. The SMILES string of the molecule is CN1C(=O)C(=Cc2cc(Cl)c(OCc3ccccc3Cl)c(Cl)c2)SC1=Nc1ccc(C(=O)O)cc1. The summed E-state index contributed by atoms with van der Waals surface area (Å²) in [6, 6.07) is 16.7. The Hall–Kier alpha value is -2.97.